The van der Waals surface area contributed by atoms with E-state index < -0.39 is 11.6 Å². The van der Waals surface area contributed by atoms with Crippen molar-refractivity contribution >= 4 is 11.5 Å². The average Bonchev–Trinajstić information content (AvgIpc) is 2.96. The summed E-state index contributed by atoms with van der Waals surface area (Å²) in [6, 6.07) is 6.89. The quantitative estimate of drug-likeness (QED) is 0.767. The molecule has 0 aliphatic carbocycles. The van der Waals surface area contributed by atoms with E-state index in [0.717, 1.165) is 11.9 Å². The van der Waals surface area contributed by atoms with Crippen LogP contribution in [0.1, 0.15) is 51.5 Å². The molecule has 132 valence electrons. The van der Waals surface area contributed by atoms with Crippen LogP contribution in [0, 0.1) is 11.6 Å². The van der Waals surface area contributed by atoms with Crippen LogP contribution in [0.3, 0.4) is 0 Å². The summed E-state index contributed by atoms with van der Waals surface area (Å²) in [5.41, 5.74) is 0.847. The molecule has 0 amide bonds. The van der Waals surface area contributed by atoms with Crippen molar-refractivity contribution in [3.05, 3.63) is 53.4 Å². The molecule has 0 bridgehead atoms. The van der Waals surface area contributed by atoms with Crippen LogP contribution in [0.5, 0.6) is 0 Å². The Morgan fingerprint density at radius 3 is 2.52 bits per heavy atom. The van der Waals surface area contributed by atoms with Crippen LogP contribution < -0.4 is 5.32 Å². The van der Waals surface area contributed by atoms with Gasteiger partial charge in [0.1, 0.15) is 17.5 Å². The van der Waals surface area contributed by atoms with Crippen LogP contribution in [-0.4, -0.2) is 19.8 Å². The molecule has 0 aliphatic rings. The minimum absolute atomic E-state index is 0.210. The molecule has 3 aromatic rings. The van der Waals surface area contributed by atoms with Crippen molar-refractivity contribution in [2.75, 3.05) is 5.32 Å². The fourth-order valence-electron chi connectivity index (χ4n) is 2.70. The zero-order valence-electron chi connectivity index (χ0n) is 14.7. The van der Waals surface area contributed by atoms with Gasteiger partial charge in [-0.1, -0.05) is 33.8 Å². The van der Waals surface area contributed by atoms with Gasteiger partial charge in [0.25, 0.3) is 0 Å². The molecule has 0 saturated carbocycles. The summed E-state index contributed by atoms with van der Waals surface area (Å²) in [5, 5.41) is 16.1. The Morgan fingerprint density at radius 1 is 1.12 bits per heavy atom. The van der Waals surface area contributed by atoms with Crippen LogP contribution in [-0.2, 0) is 5.41 Å². The fraction of sp³-hybridized carbons (Fsp3) is 0.389. The lowest BCUT2D eigenvalue weighted by Crippen LogP contribution is -2.18. The molecule has 0 saturated heterocycles. The monoisotopic (exact) mass is 345 g/mol. The first-order chi connectivity index (χ1) is 11.8. The van der Waals surface area contributed by atoms with Crippen LogP contribution in [0.4, 0.5) is 14.6 Å². The number of nitrogens with one attached hydrogen (secondary N) is 1. The van der Waals surface area contributed by atoms with E-state index in [2.05, 4.69) is 20.6 Å². The lowest BCUT2D eigenvalue weighted by atomic mass is 9.96. The Balaban J connectivity index is 1.95. The summed E-state index contributed by atoms with van der Waals surface area (Å²) in [6.45, 7) is 8.04. The first-order valence-corrected chi connectivity index (χ1v) is 8.24. The third-order valence-electron chi connectivity index (χ3n) is 4.00. The lowest BCUT2D eigenvalue weighted by Gasteiger charge is -2.19. The number of nitrogens with zero attached hydrogens (tertiary/aromatic N) is 4. The highest BCUT2D eigenvalue weighted by Gasteiger charge is 2.22. The highest BCUT2D eigenvalue weighted by molar-refractivity contribution is 5.46. The van der Waals surface area contributed by atoms with Gasteiger partial charge in [-0.25, -0.2) is 8.78 Å². The van der Waals surface area contributed by atoms with Crippen molar-refractivity contribution in [3.8, 4) is 0 Å². The van der Waals surface area contributed by atoms with E-state index in [0.29, 0.717) is 23.4 Å². The van der Waals surface area contributed by atoms with Gasteiger partial charge in [0.05, 0.1) is 6.04 Å². The number of halogens is 2. The number of benzene rings is 1. The van der Waals surface area contributed by atoms with Crippen molar-refractivity contribution in [2.24, 2.45) is 0 Å². The van der Waals surface area contributed by atoms with E-state index >= 15 is 0 Å². The van der Waals surface area contributed by atoms with E-state index in [-0.39, 0.29) is 11.5 Å². The van der Waals surface area contributed by atoms with Crippen molar-refractivity contribution in [3.63, 3.8) is 0 Å². The van der Waals surface area contributed by atoms with Crippen molar-refractivity contribution in [2.45, 2.75) is 45.6 Å². The molecular formula is C18H21F2N5. The molecule has 1 atom stereocenters. The van der Waals surface area contributed by atoms with Crippen LogP contribution in [0.2, 0.25) is 0 Å². The molecule has 1 unspecified atom stereocenters. The van der Waals surface area contributed by atoms with E-state index in [1.807, 2.05) is 33.8 Å². The van der Waals surface area contributed by atoms with Gasteiger partial charge in [-0.2, -0.15) is 4.52 Å². The Hall–Kier alpha value is -2.57. The molecule has 2 aromatic heterocycles. The summed E-state index contributed by atoms with van der Waals surface area (Å²) >= 11 is 0. The molecule has 2 heterocycles. The molecule has 0 aliphatic heterocycles. The number of aromatic nitrogens is 4. The maximum atomic E-state index is 14.1. The minimum atomic E-state index is -0.588. The smallest absolute Gasteiger partial charge is 0.178 e. The molecule has 25 heavy (non-hydrogen) atoms. The summed E-state index contributed by atoms with van der Waals surface area (Å²) in [7, 11) is 0. The van der Waals surface area contributed by atoms with Crippen molar-refractivity contribution in [1.29, 1.82) is 0 Å². The second kappa shape index (κ2) is 6.38. The van der Waals surface area contributed by atoms with Gasteiger partial charge in [-0.05, 0) is 24.6 Å². The van der Waals surface area contributed by atoms with Gasteiger partial charge in [-0.3, -0.25) is 0 Å². The van der Waals surface area contributed by atoms with Crippen LogP contribution in [0.25, 0.3) is 5.65 Å². The maximum absolute atomic E-state index is 14.1. The Kier molecular flexibility index (Phi) is 4.41. The average molecular weight is 345 g/mol. The zero-order valence-corrected chi connectivity index (χ0v) is 14.7. The van der Waals surface area contributed by atoms with Gasteiger partial charge in [0.2, 0.25) is 0 Å². The normalized spacial score (nSPS) is 13.2. The zero-order chi connectivity index (χ0) is 18.2. The fourth-order valence-corrected chi connectivity index (χ4v) is 2.70. The standard InChI is InChI=1S/C18H21F2N5/c1-5-14(12-7-6-11(19)10-13(12)20)21-15-8-9-16-22-23-17(18(2,3)4)25(16)24-15/h6-10,14H,5H2,1-4H3,(H,21,24). The van der Waals surface area contributed by atoms with E-state index in [9.17, 15) is 8.78 Å². The van der Waals surface area contributed by atoms with Gasteiger partial charge >= 0.3 is 0 Å². The Labute approximate surface area is 145 Å². The predicted molar refractivity (Wildman–Crippen MR) is 92.5 cm³/mol. The van der Waals surface area contributed by atoms with E-state index in [1.54, 1.807) is 10.6 Å². The number of rotatable bonds is 4. The van der Waals surface area contributed by atoms with E-state index in [1.165, 1.54) is 12.1 Å². The third-order valence-corrected chi connectivity index (χ3v) is 4.00. The molecule has 0 spiro atoms. The summed E-state index contributed by atoms with van der Waals surface area (Å²) in [5.74, 6) is 0.163. The summed E-state index contributed by atoms with van der Waals surface area (Å²) in [4.78, 5) is 0. The van der Waals surface area contributed by atoms with E-state index in [4.69, 9.17) is 0 Å². The second-order valence-electron chi connectivity index (χ2n) is 7.03. The highest BCUT2D eigenvalue weighted by atomic mass is 19.1. The number of anilines is 1. The Morgan fingerprint density at radius 2 is 1.88 bits per heavy atom. The minimum Gasteiger partial charge on any atom is -0.362 e. The van der Waals surface area contributed by atoms with Crippen LogP contribution >= 0.6 is 0 Å². The van der Waals surface area contributed by atoms with Crippen LogP contribution in [0.15, 0.2) is 30.3 Å². The molecule has 1 aromatic carbocycles. The van der Waals surface area contributed by atoms with Crippen molar-refractivity contribution < 1.29 is 8.78 Å². The second-order valence-corrected chi connectivity index (χ2v) is 7.03. The molecule has 7 heteroatoms. The van der Waals surface area contributed by atoms with Gasteiger partial charge in [0, 0.05) is 17.0 Å². The van der Waals surface area contributed by atoms with Gasteiger partial charge in [0.15, 0.2) is 11.5 Å². The van der Waals surface area contributed by atoms with Gasteiger partial charge < -0.3 is 5.32 Å². The molecule has 5 nitrogen and oxygen atoms in total. The molecule has 0 fully saturated rings. The highest BCUT2D eigenvalue weighted by Crippen LogP contribution is 2.26. The molecule has 3 rings (SSSR count). The number of hydrogen-bond acceptors (Lipinski definition) is 4. The molecule has 0 radical (unpaired) electrons. The predicted octanol–water partition coefficient (Wildman–Crippen LogP) is 4.26. The topological polar surface area (TPSA) is 55.1 Å². The SMILES string of the molecule is CCC(Nc1ccc2nnc(C(C)(C)C)n2n1)c1ccc(F)cc1F. The molecular weight excluding hydrogens is 324 g/mol. The summed E-state index contributed by atoms with van der Waals surface area (Å²) in [6.07, 6.45) is 0.622. The lowest BCUT2D eigenvalue weighted by molar-refractivity contribution is 0.526. The number of hydrogen-bond donors (Lipinski definition) is 1. The maximum Gasteiger partial charge on any atom is 0.178 e. The summed E-state index contributed by atoms with van der Waals surface area (Å²) < 4.78 is 28.9. The Bertz CT molecular complexity index is 898. The number of fused-ring (bicyclic) bond motifs is 1. The first-order valence-electron chi connectivity index (χ1n) is 8.24. The first kappa shape index (κ1) is 17.3. The third kappa shape index (κ3) is 3.45. The van der Waals surface area contributed by atoms with Crippen molar-refractivity contribution in [1.82, 2.24) is 19.8 Å². The van der Waals surface area contributed by atoms with Gasteiger partial charge in [-0.15, -0.1) is 15.3 Å². The largest absolute Gasteiger partial charge is 0.362 e. The molecule has 1 N–H and O–H groups in total.